The van der Waals surface area contributed by atoms with Crippen LogP contribution in [0.2, 0.25) is 0 Å². The molecule has 0 saturated carbocycles. The fourth-order valence-corrected chi connectivity index (χ4v) is 0.981. The lowest BCUT2D eigenvalue weighted by Gasteiger charge is -1.94. The maximum Gasteiger partial charge on any atom is 0.170 e. The predicted molar refractivity (Wildman–Crippen MR) is 45.1 cm³/mol. The molecular weight excluding hydrogens is 168 g/mol. The van der Waals surface area contributed by atoms with Crippen molar-refractivity contribution in [3.05, 3.63) is 36.5 Å². The van der Waals surface area contributed by atoms with Crippen LogP contribution < -0.4 is 0 Å². The molecule has 0 N–H and O–H groups in total. The Hall–Kier alpha value is -1.97. The first-order chi connectivity index (χ1) is 6.40. The van der Waals surface area contributed by atoms with Gasteiger partial charge >= 0.3 is 0 Å². The van der Waals surface area contributed by atoms with Gasteiger partial charge < -0.3 is 4.42 Å². The summed E-state index contributed by atoms with van der Waals surface area (Å²) in [6.45, 7) is 0. The van der Waals surface area contributed by atoms with Gasteiger partial charge in [-0.15, -0.1) is 0 Å². The number of aldehydes is 1. The normalized spacial score (nSPS) is 9.85. The molecule has 2 rings (SSSR count). The van der Waals surface area contributed by atoms with E-state index in [1.54, 1.807) is 24.6 Å². The van der Waals surface area contributed by atoms with E-state index in [2.05, 4.69) is 9.97 Å². The van der Waals surface area contributed by atoms with Crippen molar-refractivity contribution in [3.8, 4) is 11.5 Å². The van der Waals surface area contributed by atoms with Gasteiger partial charge in [0.25, 0.3) is 0 Å². The number of hydrogen-bond donors (Lipinski definition) is 0. The maximum absolute atomic E-state index is 10.4. The zero-order valence-corrected chi connectivity index (χ0v) is 6.68. The number of carbonyl (C=O) groups excluding carboxylic acids is 1. The summed E-state index contributed by atoms with van der Waals surface area (Å²) in [5, 5.41) is 0. The van der Waals surface area contributed by atoms with Crippen LogP contribution >= 0.6 is 0 Å². The molecule has 4 nitrogen and oxygen atoms in total. The third-order valence-corrected chi connectivity index (χ3v) is 1.55. The van der Waals surface area contributed by atoms with Gasteiger partial charge in [0.2, 0.25) is 0 Å². The number of rotatable bonds is 2. The van der Waals surface area contributed by atoms with E-state index < -0.39 is 0 Å². The largest absolute Gasteiger partial charge is 0.463 e. The first-order valence-corrected chi connectivity index (χ1v) is 3.71. The molecule has 0 aliphatic carbocycles. The lowest BCUT2D eigenvalue weighted by molar-refractivity contribution is 0.111. The van der Waals surface area contributed by atoms with Crippen LogP contribution in [0.3, 0.4) is 0 Å². The Labute approximate surface area is 74.2 Å². The Balaban J connectivity index is 2.47. The van der Waals surface area contributed by atoms with Crippen molar-refractivity contribution in [2.45, 2.75) is 0 Å². The van der Waals surface area contributed by atoms with Gasteiger partial charge in [0.15, 0.2) is 12.0 Å². The van der Waals surface area contributed by atoms with E-state index in [0.717, 1.165) is 0 Å². The van der Waals surface area contributed by atoms with Gasteiger partial charge in [-0.05, 0) is 12.1 Å². The molecule has 0 amide bonds. The molecule has 64 valence electrons. The fourth-order valence-electron chi connectivity index (χ4n) is 0.981. The van der Waals surface area contributed by atoms with E-state index in [9.17, 15) is 4.79 Å². The molecule has 2 aromatic rings. The van der Waals surface area contributed by atoms with E-state index in [-0.39, 0.29) is 0 Å². The molecule has 2 aromatic heterocycles. The standard InChI is InChI=1S/C9H6N2O2/c12-6-7-4-10-5-8(11-7)9-2-1-3-13-9/h1-6H. The zero-order valence-electron chi connectivity index (χ0n) is 6.68. The summed E-state index contributed by atoms with van der Waals surface area (Å²) in [5.41, 5.74) is 0.864. The highest BCUT2D eigenvalue weighted by molar-refractivity contribution is 5.72. The van der Waals surface area contributed by atoms with Crippen LogP contribution in [0.4, 0.5) is 0 Å². The number of furan rings is 1. The van der Waals surface area contributed by atoms with Crippen LogP contribution in [0, 0.1) is 0 Å². The first kappa shape index (κ1) is 7.67. The highest BCUT2D eigenvalue weighted by Gasteiger charge is 2.02. The van der Waals surface area contributed by atoms with Crippen LogP contribution in [-0.2, 0) is 0 Å². The topological polar surface area (TPSA) is 56.0 Å². The van der Waals surface area contributed by atoms with Gasteiger partial charge in [0, 0.05) is 0 Å². The Kier molecular flexibility index (Phi) is 1.88. The SMILES string of the molecule is O=Cc1cncc(-c2ccco2)n1. The van der Waals surface area contributed by atoms with Crippen LogP contribution in [0.5, 0.6) is 0 Å². The number of carbonyl (C=O) groups is 1. The van der Waals surface area contributed by atoms with Crippen molar-refractivity contribution >= 4 is 6.29 Å². The maximum atomic E-state index is 10.4. The molecule has 0 aliphatic rings. The lowest BCUT2D eigenvalue weighted by atomic mass is 10.3. The van der Waals surface area contributed by atoms with Crippen molar-refractivity contribution in [2.75, 3.05) is 0 Å². The molecule has 0 unspecified atom stereocenters. The minimum Gasteiger partial charge on any atom is -0.463 e. The molecule has 2 heterocycles. The summed E-state index contributed by atoms with van der Waals surface area (Å²) in [7, 11) is 0. The lowest BCUT2D eigenvalue weighted by Crippen LogP contribution is -1.90. The second-order valence-electron chi connectivity index (χ2n) is 2.42. The molecule has 0 bridgehead atoms. The minimum atomic E-state index is 0.300. The Morgan fingerprint density at radius 3 is 3.00 bits per heavy atom. The Morgan fingerprint density at radius 1 is 1.38 bits per heavy atom. The van der Waals surface area contributed by atoms with E-state index in [1.165, 1.54) is 6.20 Å². The molecular formula is C9H6N2O2. The second-order valence-corrected chi connectivity index (χ2v) is 2.42. The molecule has 0 radical (unpaired) electrons. The van der Waals surface area contributed by atoms with Gasteiger partial charge in [-0.2, -0.15) is 0 Å². The smallest absolute Gasteiger partial charge is 0.170 e. The molecule has 4 heteroatoms. The summed E-state index contributed by atoms with van der Waals surface area (Å²) < 4.78 is 5.10. The van der Waals surface area contributed by atoms with Crippen molar-refractivity contribution in [2.24, 2.45) is 0 Å². The van der Waals surface area contributed by atoms with Gasteiger partial charge in [0.05, 0.1) is 18.7 Å². The summed E-state index contributed by atoms with van der Waals surface area (Å²) in [6, 6.07) is 3.52. The first-order valence-electron chi connectivity index (χ1n) is 3.71. The fraction of sp³-hybridized carbons (Fsp3) is 0. The highest BCUT2D eigenvalue weighted by atomic mass is 16.3. The molecule has 0 fully saturated rings. The van der Waals surface area contributed by atoms with Crippen molar-refractivity contribution < 1.29 is 9.21 Å². The predicted octanol–water partition coefficient (Wildman–Crippen LogP) is 1.55. The third-order valence-electron chi connectivity index (χ3n) is 1.55. The Morgan fingerprint density at radius 2 is 2.31 bits per heavy atom. The zero-order chi connectivity index (χ0) is 9.10. The number of nitrogens with zero attached hydrogens (tertiary/aromatic N) is 2. The molecule has 0 aromatic carbocycles. The third kappa shape index (κ3) is 1.46. The van der Waals surface area contributed by atoms with Crippen LogP contribution in [0.15, 0.2) is 35.2 Å². The molecule has 13 heavy (non-hydrogen) atoms. The van der Waals surface area contributed by atoms with Crippen molar-refractivity contribution in [1.82, 2.24) is 9.97 Å². The molecule has 0 aliphatic heterocycles. The summed E-state index contributed by atoms with van der Waals surface area (Å²) in [5.74, 6) is 0.608. The molecule has 0 spiro atoms. The van der Waals surface area contributed by atoms with Crippen molar-refractivity contribution in [3.63, 3.8) is 0 Å². The van der Waals surface area contributed by atoms with E-state index >= 15 is 0 Å². The quantitative estimate of drug-likeness (QED) is 0.648. The monoisotopic (exact) mass is 174 g/mol. The van der Waals surface area contributed by atoms with Gasteiger partial charge in [-0.3, -0.25) is 9.78 Å². The van der Waals surface area contributed by atoms with Gasteiger partial charge in [0.1, 0.15) is 11.4 Å². The van der Waals surface area contributed by atoms with Crippen molar-refractivity contribution in [1.29, 1.82) is 0 Å². The van der Waals surface area contributed by atoms with Gasteiger partial charge in [-0.25, -0.2) is 4.98 Å². The van der Waals surface area contributed by atoms with Crippen LogP contribution in [0.25, 0.3) is 11.5 Å². The van der Waals surface area contributed by atoms with E-state index in [1.807, 2.05) is 0 Å². The molecule has 0 atom stereocenters. The highest BCUT2D eigenvalue weighted by Crippen LogP contribution is 2.15. The Bertz CT molecular complexity index is 409. The van der Waals surface area contributed by atoms with Crippen LogP contribution in [-0.4, -0.2) is 16.3 Å². The summed E-state index contributed by atoms with van der Waals surface area (Å²) in [6.07, 6.45) is 5.15. The van der Waals surface area contributed by atoms with E-state index in [0.29, 0.717) is 23.4 Å². The minimum absolute atomic E-state index is 0.300. The van der Waals surface area contributed by atoms with E-state index in [4.69, 9.17) is 4.42 Å². The average molecular weight is 174 g/mol. The second kappa shape index (κ2) is 3.18. The molecule has 0 saturated heterocycles. The number of hydrogen-bond acceptors (Lipinski definition) is 4. The van der Waals surface area contributed by atoms with Crippen LogP contribution in [0.1, 0.15) is 10.5 Å². The average Bonchev–Trinajstić information content (AvgIpc) is 2.71. The summed E-state index contributed by atoms with van der Waals surface area (Å²) >= 11 is 0. The summed E-state index contributed by atoms with van der Waals surface area (Å²) in [4.78, 5) is 18.3. The van der Waals surface area contributed by atoms with Gasteiger partial charge in [-0.1, -0.05) is 0 Å². The number of aromatic nitrogens is 2.